The molecule has 4 rings (SSSR count). The smallest absolute Gasteiger partial charge is 0.292 e. The number of halogens is 1. The van der Waals surface area contributed by atoms with Gasteiger partial charge in [0.1, 0.15) is 0 Å². The Balaban J connectivity index is 1.61. The molecule has 0 unspecified atom stereocenters. The Bertz CT molecular complexity index is 926. The van der Waals surface area contributed by atoms with Gasteiger partial charge in [0.25, 0.3) is 5.91 Å². The summed E-state index contributed by atoms with van der Waals surface area (Å²) < 4.78 is 0. The number of rotatable bonds is 3. The molecule has 1 amide bonds. The van der Waals surface area contributed by atoms with Crippen LogP contribution in [0.5, 0.6) is 0 Å². The second-order valence-corrected chi connectivity index (χ2v) is 9.76. The number of para-hydroxylation sites is 1. The first kappa shape index (κ1) is 20.7. The number of nitrogens with zero attached hydrogens (tertiary/aromatic N) is 2. The number of nitrogens with one attached hydrogen (secondary N) is 2. The topological polar surface area (TPSA) is 56.7 Å². The van der Waals surface area contributed by atoms with Crippen molar-refractivity contribution in [2.24, 2.45) is 16.3 Å². The summed E-state index contributed by atoms with van der Waals surface area (Å²) >= 11 is 6.10. The minimum Gasteiger partial charge on any atom is -0.319 e. The van der Waals surface area contributed by atoms with Crippen molar-refractivity contribution >= 4 is 34.7 Å². The van der Waals surface area contributed by atoms with Gasteiger partial charge in [-0.15, -0.1) is 0 Å². The van der Waals surface area contributed by atoms with Gasteiger partial charge in [-0.2, -0.15) is 0 Å². The lowest BCUT2D eigenvalue weighted by Crippen LogP contribution is -2.53. The Kier molecular flexibility index (Phi) is 5.49. The second kappa shape index (κ2) is 7.95. The number of carbonyl (C=O) groups excluding carboxylic acids is 1. The lowest BCUT2D eigenvalue weighted by molar-refractivity contribution is -0.110. The first-order valence-corrected chi connectivity index (χ1v) is 10.9. The summed E-state index contributed by atoms with van der Waals surface area (Å²) in [5.41, 5.74) is 4.81. The predicted molar refractivity (Wildman–Crippen MR) is 124 cm³/mol. The molecule has 30 heavy (non-hydrogen) atoms. The minimum atomic E-state index is -0.459. The van der Waals surface area contributed by atoms with E-state index < -0.39 is 5.66 Å². The molecule has 6 heteroatoms. The Hall–Kier alpha value is -2.53. The number of carbonyl (C=O) groups is 1. The van der Waals surface area contributed by atoms with Crippen LogP contribution in [-0.4, -0.2) is 17.4 Å². The molecule has 2 aromatic carbocycles. The third-order valence-corrected chi connectivity index (χ3v) is 6.55. The fourth-order valence-electron chi connectivity index (χ4n) is 4.48. The van der Waals surface area contributed by atoms with Crippen LogP contribution in [0.4, 0.5) is 11.4 Å². The molecule has 1 saturated carbocycles. The van der Waals surface area contributed by atoms with E-state index in [1.54, 1.807) is 0 Å². The van der Waals surface area contributed by atoms with Crippen LogP contribution < -0.4 is 15.8 Å². The highest BCUT2D eigenvalue weighted by atomic mass is 35.5. The molecule has 1 heterocycles. The van der Waals surface area contributed by atoms with Crippen LogP contribution in [0.1, 0.15) is 46.5 Å². The molecule has 158 valence electrons. The highest BCUT2D eigenvalue weighted by Crippen LogP contribution is 2.46. The molecule has 0 bridgehead atoms. The van der Waals surface area contributed by atoms with Crippen molar-refractivity contribution in [3.8, 4) is 0 Å². The van der Waals surface area contributed by atoms with Crippen molar-refractivity contribution in [3.63, 3.8) is 0 Å². The Morgan fingerprint density at radius 3 is 2.33 bits per heavy atom. The van der Waals surface area contributed by atoms with Crippen molar-refractivity contribution in [2.45, 2.75) is 52.1 Å². The molecule has 0 radical (unpaired) electrons. The van der Waals surface area contributed by atoms with Crippen LogP contribution >= 0.6 is 11.6 Å². The number of amides is 1. The van der Waals surface area contributed by atoms with Crippen LogP contribution in [-0.2, 0) is 4.79 Å². The van der Waals surface area contributed by atoms with Crippen LogP contribution in [0.15, 0.2) is 59.6 Å². The number of anilines is 2. The molecule has 1 fully saturated rings. The average Bonchev–Trinajstić information content (AvgIpc) is 3.08. The maximum absolute atomic E-state index is 12.9. The van der Waals surface area contributed by atoms with E-state index in [0.717, 1.165) is 37.1 Å². The van der Waals surface area contributed by atoms with Crippen LogP contribution in [0.2, 0.25) is 5.02 Å². The van der Waals surface area contributed by atoms with Crippen LogP contribution in [0.25, 0.3) is 0 Å². The quantitative estimate of drug-likeness (QED) is 0.670. The third-order valence-electron chi connectivity index (χ3n) is 6.30. The molecule has 2 N–H and O–H groups in total. The maximum Gasteiger partial charge on any atom is 0.292 e. The molecule has 1 aliphatic heterocycles. The maximum atomic E-state index is 12.9. The number of hydrazine groups is 1. The summed E-state index contributed by atoms with van der Waals surface area (Å²) in [4.78, 5) is 17.9. The zero-order valence-corrected chi connectivity index (χ0v) is 18.5. The molecule has 1 aliphatic carbocycles. The number of hydrogen-bond acceptors (Lipinski definition) is 4. The standard InChI is InChI=1S/C24H29ClN4O/c1-23(2,3)17-13-15-24(16-14-17)27-21(22(30)26-19-7-5-4-6-8-19)28-29(24)20-11-9-18(25)10-12-20/h4-12,17H,13-16H2,1-3H3,(H,26,30)(H,27,28). The first-order chi connectivity index (χ1) is 14.3. The molecule has 1 spiro atoms. The molecule has 2 aromatic rings. The lowest BCUT2D eigenvalue weighted by Gasteiger charge is -2.45. The summed E-state index contributed by atoms with van der Waals surface area (Å²) in [6.07, 6.45) is 3.94. The van der Waals surface area contributed by atoms with E-state index in [-0.39, 0.29) is 11.3 Å². The van der Waals surface area contributed by atoms with Crippen LogP contribution in [0, 0.1) is 11.3 Å². The molecular weight excluding hydrogens is 396 g/mol. The molecule has 0 atom stereocenters. The van der Waals surface area contributed by atoms with Crippen molar-refractivity contribution < 1.29 is 4.79 Å². The molecule has 0 aromatic heterocycles. The largest absolute Gasteiger partial charge is 0.319 e. The zero-order valence-electron chi connectivity index (χ0n) is 17.8. The Morgan fingerprint density at radius 1 is 1.10 bits per heavy atom. The zero-order chi connectivity index (χ0) is 21.4. The van der Waals surface area contributed by atoms with Crippen molar-refractivity contribution in [1.82, 2.24) is 5.43 Å². The average molecular weight is 425 g/mol. The van der Waals surface area contributed by atoms with Gasteiger partial charge in [0.05, 0.1) is 5.69 Å². The third kappa shape index (κ3) is 4.17. The highest BCUT2D eigenvalue weighted by molar-refractivity contribution is 6.43. The summed E-state index contributed by atoms with van der Waals surface area (Å²) in [5.74, 6) is 0.769. The van der Waals surface area contributed by atoms with E-state index in [0.29, 0.717) is 16.8 Å². The molecule has 0 saturated heterocycles. The van der Waals surface area contributed by atoms with Crippen molar-refractivity contribution in [3.05, 3.63) is 59.6 Å². The lowest BCUT2D eigenvalue weighted by atomic mass is 9.69. The molecule has 2 aliphatic rings. The van der Waals surface area contributed by atoms with E-state index in [9.17, 15) is 4.79 Å². The Morgan fingerprint density at radius 2 is 1.73 bits per heavy atom. The van der Waals surface area contributed by atoms with Crippen LogP contribution in [0.3, 0.4) is 0 Å². The number of aliphatic imine (C=N–C) groups is 1. The van der Waals surface area contributed by atoms with Gasteiger partial charge in [-0.3, -0.25) is 15.2 Å². The van der Waals surface area contributed by atoms with Crippen molar-refractivity contribution in [2.75, 3.05) is 10.3 Å². The van der Waals surface area contributed by atoms with Gasteiger partial charge < -0.3 is 5.32 Å². The normalized spacial score (nSPS) is 23.8. The van der Waals surface area contributed by atoms with Gasteiger partial charge in [-0.05, 0) is 73.4 Å². The SMILES string of the molecule is CC(C)(C)C1CCC2(CC1)N=C(C(=O)Nc1ccccc1)NN2c1ccc(Cl)cc1. The van der Waals surface area contributed by atoms with Gasteiger partial charge in [-0.1, -0.05) is 50.6 Å². The molecule has 5 nitrogen and oxygen atoms in total. The van der Waals surface area contributed by atoms with Gasteiger partial charge in [-0.25, -0.2) is 4.99 Å². The van der Waals surface area contributed by atoms with E-state index in [4.69, 9.17) is 16.6 Å². The Labute approximate surface area is 183 Å². The number of amidine groups is 1. The fraction of sp³-hybridized carbons (Fsp3) is 0.417. The van der Waals surface area contributed by atoms with E-state index >= 15 is 0 Å². The number of benzene rings is 2. The monoisotopic (exact) mass is 424 g/mol. The highest BCUT2D eigenvalue weighted by Gasteiger charge is 2.47. The van der Waals surface area contributed by atoms with Gasteiger partial charge in [0.2, 0.25) is 5.84 Å². The fourth-order valence-corrected chi connectivity index (χ4v) is 4.61. The summed E-state index contributed by atoms with van der Waals surface area (Å²) in [6.45, 7) is 6.92. The van der Waals surface area contributed by atoms with Crippen molar-refractivity contribution in [1.29, 1.82) is 0 Å². The van der Waals surface area contributed by atoms with E-state index in [1.165, 1.54) is 0 Å². The summed E-state index contributed by atoms with van der Waals surface area (Å²) in [5, 5.41) is 5.68. The van der Waals surface area contributed by atoms with Gasteiger partial charge >= 0.3 is 0 Å². The second-order valence-electron chi connectivity index (χ2n) is 9.33. The minimum absolute atomic E-state index is 0.227. The van der Waals surface area contributed by atoms with E-state index in [2.05, 4.69) is 36.5 Å². The summed E-state index contributed by atoms with van der Waals surface area (Å²) in [7, 11) is 0. The first-order valence-electron chi connectivity index (χ1n) is 10.6. The summed E-state index contributed by atoms with van der Waals surface area (Å²) in [6, 6.07) is 17.1. The van der Waals surface area contributed by atoms with Gasteiger partial charge in [0, 0.05) is 10.7 Å². The predicted octanol–water partition coefficient (Wildman–Crippen LogP) is 5.63. The van der Waals surface area contributed by atoms with E-state index in [1.807, 2.05) is 54.6 Å². The number of hydrogen-bond donors (Lipinski definition) is 2. The van der Waals surface area contributed by atoms with Gasteiger partial charge in [0.15, 0.2) is 5.66 Å². The molecular formula is C24H29ClN4O.